The predicted molar refractivity (Wildman–Crippen MR) is 98.0 cm³/mol. The van der Waals surface area contributed by atoms with E-state index in [9.17, 15) is 10.1 Å². The fourth-order valence-electron chi connectivity index (χ4n) is 3.14. The molecule has 130 valence electrons. The van der Waals surface area contributed by atoms with Gasteiger partial charge in [0.1, 0.15) is 12.1 Å². The summed E-state index contributed by atoms with van der Waals surface area (Å²) in [5.41, 5.74) is 1.95. The van der Waals surface area contributed by atoms with E-state index in [2.05, 4.69) is 20.3 Å². The van der Waals surface area contributed by atoms with Gasteiger partial charge in [-0.05, 0) is 36.6 Å². The van der Waals surface area contributed by atoms with Gasteiger partial charge in [-0.1, -0.05) is 24.3 Å². The van der Waals surface area contributed by atoms with Crippen LogP contribution in [0.5, 0.6) is 0 Å². The predicted octanol–water partition coefficient (Wildman–Crippen LogP) is 3.61. The maximum atomic E-state index is 11.8. The van der Waals surface area contributed by atoms with Crippen molar-refractivity contribution in [2.45, 2.75) is 12.8 Å². The van der Waals surface area contributed by atoms with Gasteiger partial charge in [0.05, 0.1) is 4.92 Å². The van der Waals surface area contributed by atoms with Crippen LogP contribution in [0.2, 0.25) is 0 Å². The van der Waals surface area contributed by atoms with Crippen LogP contribution in [0.1, 0.15) is 12.0 Å². The minimum Gasteiger partial charge on any atom is -0.320 e. The van der Waals surface area contributed by atoms with E-state index in [1.165, 1.54) is 6.33 Å². The molecule has 0 spiro atoms. The topological polar surface area (TPSA) is 97.1 Å². The van der Waals surface area contributed by atoms with Crippen LogP contribution in [-0.2, 0) is 6.42 Å². The molecule has 3 heterocycles. The molecule has 1 aliphatic heterocycles. The Bertz CT molecular complexity index is 947. The normalized spacial score (nSPS) is 13.2. The van der Waals surface area contributed by atoms with E-state index < -0.39 is 4.92 Å². The van der Waals surface area contributed by atoms with Crippen molar-refractivity contribution in [2.75, 3.05) is 16.8 Å². The minimum absolute atomic E-state index is 0.127. The van der Waals surface area contributed by atoms with Gasteiger partial charge in [0.2, 0.25) is 11.6 Å². The van der Waals surface area contributed by atoms with Gasteiger partial charge in [-0.15, -0.1) is 0 Å². The van der Waals surface area contributed by atoms with Crippen LogP contribution in [0.25, 0.3) is 0 Å². The highest BCUT2D eigenvalue weighted by Gasteiger charge is 2.30. The number of para-hydroxylation sites is 1. The Labute approximate surface area is 149 Å². The van der Waals surface area contributed by atoms with Crippen LogP contribution < -0.4 is 10.2 Å². The first-order chi connectivity index (χ1) is 12.7. The highest BCUT2D eigenvalue weighted by molar-refractivity contribution is 5.78. The van der Waals surface area contributed by atoms with Crippen molar-refractivity contribution < 1.29 is 4.92 Å². The first-order valence-corrected chi connectivity index (χ1v) is 8.27. The zero-order valence-electron chi connectivity index (χ0n) is 13.9. The Kier molecular flexibility index (Phi) is 4.14. The molecule has 8 nitrogen and oxygen atoms in total. The first-order valence-electron chi connectivity index (χ1n) is 8.27. The smallest absolute Gasteiger partial charge is 0.320 e. The lowest BCUT2D eigenvalue weighted by Crippen LogP contribution is -2.26. The lowest BCUT2D eigenvalue weighted by atomic mass is 10.0. The number of aryl methyl sites for hydroxylation is 1. The summed E-state index contributed by atoms with van der Waals surface area (Å²) in [6.45, 7) is 0.665. The quantitative estimate of drug-likeness (QED) is 0.568. The SMILES string of the molecule is O=[N+]([O-])c1c(Nc2ccccn2)ncnc1N1CCCc2ccccc21. The van der Waals surface area contributed by atoms with Gasteiger partial charge in [0, 0.05) is 18.4 Å². The second-order valence-electron chi connectivity index (χ2n) is 5.88. The van der Waals surface area contributed by atoms with E-state index in [1.807, 2.05) is 29.2 Å². The summed E-state index contributed by atoms with van der Waals surface area (Å²) in [6.07, 6.45) is 4.80. The molecule has 3 aromatic rings. The maximum absolute atomic E-state index is 11.8. The molecule has 0 radical (unpaired) electrons. The van der Waals surface area contributed by atoms with E-state index in [-0.39, 0.29) is 17.3 Å². The summed E-state index contributed by atoms with van der Waals surface area (Å²) in [5, 5.41) is 14.8. The fraction of sp³-hybridized carbons (Fsp3) is 0.167. The van der Waals surface area contributed by atoms with E-state index in [4.69, 9.17) is 0 Å². The summed E-state index contributed by atoms with van der Waals surface area (Å²) in [5.74, 6) is 0.900. The molecule has 1 aliphatic rings. The Hall–Kier alpha value is -3.55. The summed E-state index contributed by atoms with van der Waals surface area (Å²) in [6, 6.07) is 13.2. The van der Waals surface area contributed by atoms with Crippen molar-refractivity contribution in [3.05, 3.63) is 70.7 Å². The number of hydrogen-bond donors (Lipinski definition) is 1. The molecular weight excluding hydrogens is 332 g/mol. The lowest BCUT2D eigenvalue weighted by Gasteiger charge is -2.30. The molecule has 0 saturated heterocycles. The number of aromatic nitrogens is 3. The summed E-state index contributed by atoms with van der Waals surface area (Å²) in [7, 11) is 0. The monoisotopic (exact) mass is 348 g/mol. The Morgan fingerprint density at radius 1 is 1.08 bits per heavy atom. The molecular formula is C18H16N6O2. The first kappa shape index (κ1) is 15.9. The van der Waals surface area contributed by atoms with Crippen LogP contribution in [0, 0.1) is 10.1 Å². The molecule has 0 saturated carbocycles. The molecule has 0 bridgehead atoms. The number of rotatable bonds is 4. The van der Waals surface area contributed by atoms with Crippen LogP contribution in [-0.4, -0.2) is 26.4 Å². The molecule has 26 heavy (non-hydrogen) atoms. The van der Waals surface area contributed by atoms with Gasteiger partial charge in [-0.3, -0.25) is 10.1 Å². The molecule has 0 atom stereocenters. The van der Waals surface area contributed by atoms with Crippen molar-refractivity contribution in [1.29, 1.82) is 0 Å². The molecule has 0 aliphatic carbocycles. The molecule has 0 unspecified atom stereocenters. The zero-order valence-corrected chi connectivity index (χ0v) is 13.9. The number of fused-ring (bicyclic) bond motifs is 1. The molecule has 1 N–H and O–H groups in total. The molecule has 0 fully saturated rings. The summed E-state index contributed by atoms with van der Waals surface area (Å²) < 4.78 is 0. The maximum Gasteiger partial charge on any atom is 0.354 e. The largest absolute Gasteiger partial charge is 0.354 e. The van der Waals surface area contributed by atoms with Gasteiger partial charge in [0.15, 0.2) is 0 Å². The average Bonchev–Trinajstić information content (AvgIpc) is 2.68. The molecule has 8 heteroatoms. The van der Waals surface area contributed by atoms with E-state index in [0.29, 0.717) is 12.4 Å². The third-order valence-electron chi connectivity index (χ3n) is 4.26. The zero-order chi connectivity index (χ0) is 17.9. The van der Waals surface area contributed by atoms with Crippen molar-refractivity contribution in [1.82, 2.24) is 15.0 Å². The molecule has 4 rings (SSSR count). The average molecular weight is 348 g/mol. The van der Waals surface area contributed by atoms with Crippen LogP contribution in [0.3, 0.4) is 0 Å². The van der Waals surface area contributed by atoms with Gasteiger partial charge in [-0.25, -0.2) is 15.0 Å². The molecule has 0 amide bonds. The van der Waals surface area contributed by atoms with Gasteiger partial charge < -0.3 is 10.2 Å². The number of pyridine rings is 1. The van der Waals surface area contributed by atoms with Gasteiger partial charge in [0.25, 0.3) is 0 Å². The second kappa shape index (κ2) is 6.75. The minimum atomic E-state index is -0.447. The number of anilines is 4. The van der Waals surface area contributed by atoms with Gasteiger partial charge >= 0.3 is 5.69 Å². The molecule has 1 aromatic carbocycles. The number of nitrogens with zero attached hydrogens (tertiary/aromatic N) is 5. The summed E-state index contributed by atoms with van der Waals surface area (Å²) >= 11 is 0. The highest BCUT2D eigenvalue weighted by atomic mass is 16.6. The number of benzene rings is 1. The molecule has 2 aromatic heterocycles. The Balaban J connectivity index is 1.80. The second-order valence-corrected chi connectivity index (χ2v) is 5.88. The van der Waals surface area contributed by atoms with Gasteiger partial charge in [-0.2, -0.15) is 0 Å². The summed E-state index contributed by atoms with van der Waals surface area (Å²) in [4.78, 5) is 25.7. The van der Waals surface area contributed by atoms with Crippen molar-refractivity contribution in [3.63, 3.8) is 0 Å². The standard InChI is InChI=1S/C18H16N6O2/c25-24(26)16-17(22-15-9-3-4-10-19-15)20-12-21-18(16)23-11-5-7-13-6-1-2-8-14(13)23/h1-4,6,8-10,12H,5,7,11H2,(H,19,20,21,22). The van der Waals surface area contributed by atoms with Crippen molar-refractivity contribution >= 4 is 28.8 Å². The van der Waals surface area contributed by atoms with Crippen molar-refractivity contribution in [2.24, 2.45) is 0 Å². The number of hydrogen-bond acceptors (Lipinski definition) is 7. The third-order valence-corrected chi connectivity index (χ3v) is 4.26. The fourth-order valence-corrected chi connectivity index (χ4v) is 3.14. The van der Waals surface area contributed by atoms with Crippen LogP contribution in [0.4, 0.5) is 28.8 Å². The third kappa shape index (κ3) is 2.92. The Morgan fingerprint density at radius 2 is 1.92 bits per heavy atom. The number of nitro groups is 1. The van der Waals surface area contributed by atoms with E-state index >= 15 is 0 Å². The van der Waals surface area contributed by atoms with Crippen LogP contribution in [0.15, 0.2) is 55.0 Å². The lowest BCUT2D eigenvalue weighted by molar-refractivity contribution is -0.383. The van der Waals surface area contributed by atoms with Crippen LogP contribution >= 0.6 is 0 Å². The Morgan fingerprint density at radius 3 is 2.73 bits per heavy atom. The highest BCUT2D eigenvalue weighted by Crippen LogP contribution is 2.39. The van der Waals surface area contributed by atoms with E-state index in [0.717, 1.165) is 24.1 Å². The van der Waals surface area contributed by atoms with E-state index in [1.54, 1.807) is 24.4 Å². The number of nitrogens with one attached hydrogen (secondary N) is 1. The van der Waals surface area contributed by atoms with Crippen molar-refractivity contribution in [3.8, 4) is 0 Å².